The van der Waals surface area contributed by atoms with Gasteiger partial charge >= 0.3 is 0 Å². The molecule has 0 amide bonds. The van der Waals surface area contributed by atoms with E-state index in [1.54, 1.807) is 6.07 Å². The van der Waals surface area contributed by atoms with Gasteiger partial charge in [-0.3, -0.25) is 0 Å². The van der Waals surface area contributed by atoms with Crippen molar-refractivity contribution in [3.05, 3.63) is 46.3 Å². The summed E-state index contributed by atoms with van der Waals surface area (Å²) in [6.07, 6.45) is 1.39. The fraction of sp³-hybridized carbons (Fsp3) is 0. The highest BCUT2D eigenvalue weighted by Crippen LogP contribution is 2.28. The van der Waals surface area contributed by atoms with Crippen molar-refractivity contribution >= 4 is 33.1 Å². The Morgan fingerprint density at radius 1 is 1.39 bits per heavy atom. The molecule has 0 unspecified atom stereocenters. The summed E-state index contributed by atoms with van der Waals surface area (Å²) in [6, 6.07) is 7.68. The van der Waals surface area contributed by atoms with Crippen molar-refractivity contribution in [2.75, 3.05) is 11.1 Å². The lowest BCUT2D eigenvalue weighted by Gasteiger charge is -2.10. The second-order valence-corrected chi connectivity index (χ2v) is 4.38. The first-order valence-corrected chi connectivity index (χ1v) is 5.77. The van der Waals surface area contributed by atoms with Crippen LogP contribution in [0.15, 0.2) is 34.9 Å². The zero-order valence-corrected chi connectivity index (χ0v) is 10.7. The largest absolute Gasteiger partial charge is 0.396 e. The molecule has 0 aliphatic carbocycles. The highest BCUT2D eigenvalue weighted by Gasteiger charge is 2.06. The van der Waals surface area contributed by atoms with Crippen molar-refractivity contribution in [1.82, 2.24) is 4.98 Å². The quantitative estimate of drug-likeness (QED) is 0.893. The lowest BCUT2D eigenvalue weighted by Crippen LogP contribution is -2.00. The predicted octanol–water partition coefficient (Wildman–Crippen LogP) is 3.18. The van der Waals surface area contributed by atoms with E-state index in [0.717, 1.165) is 0 Å². The topological polar surface area (TPSA) is 74.7 Å². The molecule has 18 heavy (non-hydrogen) atoms. The number of benzene rings is 1. The van der Waals surface area contributed by atoms with E-state index in [2.05, 4.69) is 26.2 Å². The molecule has 90 valence electrons. The van der Waals surface area contributed by atoms with Crippen molar-refractivity contribution in [3.8, 4) is 6.07 Å². The molecule has 4 nitrogen and oxygen atoms in total. The number of pyridine rings is 1. The van der Waals surface area contributed by atoms with Gasteiger partial charge < -0.3 is 11.1 Å². The van der Waals surface area contributed by atoms with E-state index in [1.165, 1.54) is 24.4 Å². The van der Waals surface area contributed by atoms with Crippen molar-refractivity contribution in [2.45, 2.75) is 0 Å². The van der Waals surface area contributed by atoms with Crippen LogP contribution in [0, 0.1) is 17.1 Å². The van der Waals surface area contributed by atoms with Gasteiger partial charge in [-0.05, 0) is 40.2 Å². The number of aromatic nitrogens is 1. The highest BCUT2D eigenvalue weighted by molar-refractivity contribution is 9.10. The summed E-state index contributed by atoms with van der Waals surface area (Å²) in [5, 5.41) is 11.6. The lowest BCUT2D eigenvalue weighted by atomic mass is 10.2. The predicted molar refractivity (Wildman–Crippen MR) is 70.7 cm³/mol. The zero-order valence-electron chi connectivity index (χ0n) is 9.11. The van der Waals surface area contributed by atoms with Gasteiger partial charge in [-0.25, -0.2) is 9.37 Å². The summed E-state index contributed by atoms with van der Waals surface area (Å²) in [5.41, 5.74) is 6.96. The number of nitrogen functional groups attached to an aromatic ring is 1. The van der Waals surface area contributed by atoms with E-state index in [4.69, 9.17) is 11.0 Å². The molecular weight excluding hydrogens is 299 g/mol. The zero-order chi connectivity index (χ0) is 13.1. The highest BCUT2D eigenvalue weighted by atomic mass is 79.9. The molecule has 1 heterocycles. The fourth-order valence-corrected chi connectivity index (χ4v) is 1.71. The summed E-state index contributed by atoms with van der Waals surface area (Å²) in [5.74, 6) is 0.00761. The minimum absolute atomic E-state index is 0.324. The standard InChI is InChI=1S/C12H8BrFN4/c13-9-2-1-8(14)4-11(9)18-12-10(16)3-7(5-15)6-17-12/h1-4,6H,16H2,(H,17,18). The Morgan fingerprint density at radius 3 is 2.83 bits per heavy atom. The Balaban J connectivity index is 2.34. The summed E-state index contributed by atoms with van der Waals surface area (Å²) in [4.78, 5) is 4.01. The minimum Gasteiger partial charge on any atom is -0.396 e. The third-order valence-electron chi connectivity index (χ3n) is 2.23. The molecule has 0 aliphatic heterocycles. The van der Waals surface area contributed by atoms with E-state index in [0.29, 0.717) is 27.2 Å². The Bertz CT molecular complexity index is 636. The molecular formula is C12H8BrFN4. The molecule has 0 fully saturated rings. The van der Waals surface area contributed by atoms with Crippen LogP contribution in [-0.2, 0) is 0 Å². The molecule has 0 atom stereocenters. The second-order valence-electron chi connectivity index (χ2n) is 3.52. The third-order valence-corrected chi connectivity index (χ3v) is 2.92. The van der Waals surface area contributed by atoms with Crippen molar-refractivity contribution in [3.63, 3.8) is 0 Å². The average Bonchev–Trinajstić information content (AvgIpc) is 2.36. The maximum Gasteiger partial charge on any atom is 0.153 e. The van der Waals surface area contributed by atoms with Gasteiger partial charge in [0.05, 0.1) is 16.9 Å². The number of anilines is 3. The molecule has 0 aliphatic rings. The normalized spacial score (nSPS) is 9.83. The molecule has 0 spiro atoms. The molecule has 0 radical (unpaired) electrons. The van der Waals surface area contributed by atoms with Gasteiger partial charge in [0, 0.05) is 10.7 Å². The Morgan fingerprint density at radius 2 is 2.17 bits per heavy atom. The van der Waals surface area contributed by atoms with Crippen LogP contribution in [0.5, 0.6) is 0 Å². The average molecular weight is 307 g/mol. The van der Waals surface area contributed by atoms with Crippen LogP contribution in [0.2, 0.25) is 0 Å². The number of nitrogens with two attached hydrogens (primary N) is 1. The molecule has 1 aromatic carbocycles. The maximum absolute atomic E-state index is 13.1. The van der Waals surface area contributed by atoms with Gasteiger partial charge in [0.15, 0.2) is 5.82 Å². The minimum atomic E-state index is -0.368. The number of hydrogen-bond donors (Lipinski definition) is 2. The van der Waals surface area contributed by atoms with Crippen molar-refractivity contribution in [1.29, 1.82) is 5.26 Å². The van der Waals surface area contributed by atoms with Gasteiger partial charge in [0.25, 0.3) is 0 Å². The Labute approximate surface area is 111 Å². The molecule has 6 heteroatoms. The Hall–Kier alpha value is -2.13. The van der Waals surface area contributed by atoms with E-state index in [9.17, 15) is 4.39 Å². The van der Waals surface area contributed by atoms with Crippen LogP contribution in [0.25, 0.3) is 0 Å². The molecule has 0 saturated carbocycles. The summed E-state index contributed by atoms with van der Waals surface area (Å²) < 4.78 is 13.8. The monoisotopic (exact) mass is 306 g/mol. The Kier molecular flexibility index (Phi) is 3.44. The molecule has 0 saturated heterocycles. The third kappa shape index (κ3) is 2.57. The van der Waals surface area contributed by atoms with Crippen LogP contribution >= 0.6 is 15.9 Å². The molecule has 1 aromatic heterocycles. The first-order valence-electron chi connectivity index (χ1n) is 4.98. The number of nitrogens with zero attached hydrogens (tertiary/aromatic N) is 2. The van der Waals surface area contributed by atoms with Crippen molar-refractivity contribution < 1.29 is 4.39 Å². The van der Waals surface area contributed by atoms with Gasteiger partial charge in [0.2, 0.25) is 0 Å². The second kappa shape index (κ2) is 5.02. The van der Waals surface area contributed by atoms with Crippen LogP contribution in [0.3, 0.4) is 0 Å². The van der Waals surface area contributed by atoms with E-state index in [-0.39, 0.29) is 5.82 Å². The first kappa shape index (κ1) is 12.3. The van der Waals surface area contributed by atoms with E-state index < -0.39 is 0 Å². The van der Waals surface area contributed by atoms with Crippen LogP contribution in [-0.4, -0.2) is 4.98 Å². The van der Waals surface area contributed by atoms with Crippen LogP contribution in [0.4, 0.5) is 21.6 Å². The summed E-state index contributed by atoms with van der Waals surface area (Å²) in [6.45, 7) is 0. The number of rotatable bonds is 2. The van der Waals surface area contributed by atoms with Crippen LogP contribution < -0.4 is 11.1 Å². The molecule has 2 aromatic rings. The number of hydrogen-bond acceptors (Lipinski definition) is 4. The molecule has 3 N–H and O–H groups in total. The molecule has 2 rings (SSSR count). The van der Waals surface area contributed by atoms with Gasteiger partial charge in [0.1, 0.15) is 11.9 Å². The van der Waals surface area contributed by atoms with Gasteiger partial charge in [-0.2, -0.15) is 5.26 Å². The summed E-state index contributed by atoms with van der Waals surface area (Å²) >= 11 is 3.29. The van der Waals surface area contributed by atoms with Crippen LogP contribution in [0.1, 0.15) is 5.56 Å². The van der Waals surface area contributed by atoms with Gasteiger partial charge in [-0.15, -0.1) is 0 Å². The maximum atomic E-state index is 13.1. The smallest absolute Gasteiger partial charge is 0.153 e. The van der Waals surface area contributed by atoms with Crippen molar-refractivity contribution in [2.24, 2.45) is 0 Å². The summed E-state index contributed by atoms with van der Waals surface area (Å²) in [7, 11) is 0. The first-order chi connectivity index (χ1) is 8.60. The molecule has 0 bridgehead atoms. The number of nitriles is 1. The SMILES string of the molecule is N#Cc1cnc(Nc2cc(F)ccc2Br)c(N)c1. The van der Waals surface area contributed by atoms with E-state index >= 15 is 0 Å². The fourth-order valence-electron chi connectivity index (χ4n) is 1.37. The van der Waals surface area contributed by atoms with E-state index in [1.807, 2.05) is 6.07 Å². The number of nitrogens with one attached hydrogen (secondary N) is 1. The lowest BCUT2D eigenvalue weighted by molar-refractivity contribution is 0.628. The van der Waals surface area contributed by atoms with Gasteiger partial charge in [-0.1, -0.05) is 0 Å². The number of halogens is 2.